The number of benzene rings is 2. The van der Waals surface area contributed by atoms with Crippen LogP contribution >= 0.6 is 0 Å². The second-order valence-corrected chi connectivity index (χ2v) is 21.0. The van der Waals surface area contributed by atoms with Crippen LogP contribution in [0.25, 0.3) is 5.76 Å². The summed E-state index contributed by atoms with van der Waals surface area (Å²) in [6.07, 6.45) is 25.5. The van der Waals surface area contributed by atoms with E-state index in [2.05, 4.69) is 0 Å². The van der Waals surface area contributed by atoms with E-state index in [1.54, 1.807) is 133 Å². The molecule has 0 spiro atoms. The number of hydrogen-bond acceptors (Lipinski definition) is 2. The fourth-order valence-electron chi connectivity index (χ4n) is 6.81. The number of ketones is 1. The summed E-state index contributed by atoms with van der Waals surface area (Å²) in [6, 6.07) is 17.9. The van der Waals surface area contributed by atoms with Crippen molar-refractivity contribution in [1.29, 1.82) is 0 Å². The molecule has 0 amide bonds. The number of rotatable bonds is 6. The summed E-state index contributed by atoms with van der Waals surface area (Å²) in [5.74, 6) is -0.216. The van der Waals surface area contributed by atoms with Crippen molar-refractivity contribution in [3.05, 3.63) is 77.9 Å². The van der Waals surface area contributed by atoms with Gasteiger partial charge in [-0.15, -0.1) is 0 Å². The van der Waals surface area contributed by atoms with Gasteiger partial charge in [-0.25, -0.2) is 0 Å². The van der Waals surface area contributed by atoms with Gasteiger partial charge in [-0.2, -0.15) is 0 Å². The minimum Gasteiger partial charge on any atom is -0.507 e. The predicted molar refractivity (Wildman–Crippen MR) is 154 cm³/mol. The van der Waals surface area contributed by atoms with Crippen LogP contribution in [0.4, 0.5) is 0 Å². The monoisotopic (exact) mass is 593 g/mol. The zero-order chi connectivity index (χ0) is 25.0. The summed E-state index contributed by atoms with van der Waals surface area (Å²) in [6.45, 7) is 0. The number of carbonyl (C=O) groups is 1. The number of allylic oxidation sites excluding steroid dienone is 1. The van der Waals surface area contributed by atoms with Crippen molar-refractivity contribution in [2.75, 3.05) is 0 Å². The second kappa shape index (κ2) is 15.0. The van der Waals surface area contributed by atoms with Gasteiger partial charge in [0, 0.05) is 17.2 Å². The fourth-order valence-corrected chi connectivity index (χ4v) is 21.7. The topological polar surface area (TPSA) is 37.3 Å². The molecule has 3 saturated carbocycles. The first-order chi connectivity index (χ1) is 17.7. The van der Waals surface area contributed by atoms with Crippen molar-refractivity contribution < 1.29 is 9.90 Å². The molecule has 2 aromatic carbocycles. The number of aliphatic hydroxyl groups is 1. The first kappa shape index (κ1) is 27.5. The van der Waals surface area contributed by atoms with Gasteiger partial charge >= 0.3 is 128 Å². The summed E-state index contributed by atoms with van der Waals surface area (Å²) in [4.78, 5) is 11.8. The average molecular weight is 592 g/mol. The first-order valence-corrected chi connectivity index (χ1v) is 19.6. The first-order valence-electron chi connectivity index (χ1n) is 14.6. The molecule has 0 aliphatic heterocycles. The van der Waals surface area contributed by atoms with Crippen molar-refractivity contribution >= 4 is 31.3 Å². The van der Waals surface area contributed by atoms with Crippen LogP contribution in [0.15, 0.2) is 66.7 Å². The van der Waals surface area contributed by atoms with Crippen molar-refractivity contribution in [2.24, 2.45) is 0 Å². The van der Waals surface area contributed by atoms with E-state index in [0.29, 0.717) is 11.1 Å². The minimum absolute atomic E-state index is 0.0144. The molecule has 0 saturated heterocycles. The summed E-state index contributed by atoms with van der Waals surface area (Å²) in [5.41, 5.74) is 1.20. The standard InChI is InChI=1S/C15H12O2.3C6H11.Sn/c16-14(12-7-3-1-4-8-12)11-15(17)13-9-5-2-6-10-13;3*1-2-4-6-5-3-1;/h1-11,16H;3*1H,2-6H2;/b14-11-;;;;. The Bertz CT molecular complexity index is 878. The van der Waals surface area contributed by atoms with Gasteiger partial charge in [0.2, 0.25) is 0 Å². The molecule has 5 rings (SSSR count). The molecule has 3 fully saturated rings. The third kappa shape index (κ3) is 8.23. The fraction of sp³-hybridized carbons (Fsp3) is 0.545. The molecule has 0 bridgehead atoms. The molecule has 0 atom stereocenters. The molecule has 3 heteroatoms. The van der Waals surface area contributed by atoms with Gasteiger partial charge in [-0.05, 0) is 0 Å². The van der Waals surface area contributed by atoms with Crippen molar-refractivity contribution in [2.45, 2.75) is 108 Å². The Balaban J connectivity index is 0.000000170. The van der Waals surface area contributed by atoms with E-state index in [1.807, 2.05) is 24.3 Å². The molecule has 3 aliphatic rings. The van der Waals surface area contributed by atoms with E-state index in [9.17, 15) is 9.90 Å². The van der Waals surface area contributed by atoms with E-state index in [4.69, 9.17) is 0 Å². The molecule has 2 nitrogen and oxygen atoms in total. The van der Waals surface area contributed by atoms with Gasteiger partial charge in [-0.1, -0.05) is 60.7 Å². The summed E-state index contributed by atoms with van der Waals surface area (Å²) < 4.78 is 3.96. The maximum atomic E-state index is 11.8. The van der Waals surface area contributed by atoms with Crippen LogP contribution in [0, 0.1) is 0 Å². The Morgan fingerprint density at radius 3 is 1.33 bits per heavy atom. The second-order valence-electron chi connectivity index (χ2n) is 11.1. The molecule has 1 radical (unpaired) electrons. The van der Waals surface area contributed by atoms with Gasteiger partial charge in [0.25, 0.3) is 0 Å². The van der Waals surface area contributed by atoms with Gasteiger partial charge in [-0.3, -0.25) is 4.79 Å². The van der Waals surface area contributed by atoms with Crippen LogP contribution in [0.5, 0.6) is 0 Å². The number of hydrogen-bond donors (Lipinski definition) is 1. The zero-order valence-corrected chi connectivity index (χ0v) is 24.9. The van der Waals surface area contributed by atoms with E-state index >= 15 is 0 Å². The van der Waals surface area contributed by atoms with Crippen LogP contribution in [-0.2, 0) is 0 Å². The quantitative estimate of drug-likeness (QED) is 0.157. The molecular formula is C33H45O2Sn. The molecule has 3 aliphatic carbocycles. The minimum atomic E-state index is -1.15. The van der Waals surface area contributed by atoms with E-state index in [1.165, 1.54) is 17.9 Å². The molecule has 1 N–H and O–H groups in total. The molecular weight excluding hydrogens is 547 g/mol. The third-order valence-corrected chi connectivity index (χ3v) is 21.6. The molecule has 0 aromatic heterocycles. The Hall–Kier alpha value is -1.55. The molecule has 0 unspecified atom stereocenters. The Labute approximate surface area is 226 Å². The summed E-state index contributed by atoms with van der Waals surface area (Å²) in [7, 11) is 0. The van der Waals surface area contributed by atoms with Crippen LogP contribution in [0.3, 0.4) is 0 Å². The maximum Gasteiger partial charge on any atom is 0.189 e. The van der Waals surface area contributed by atoms with Crippen LogP contribution in [0.1, 0.15) is 112 Å². The van der Waals surface area contributed by atoms with Gasteiger partial charge < -0.3 is 5.11 Å². The summed E-state index contributed by atoms with van der Waals surface area (Å²) >= 11 is -1.15. The largest absolute Gasteiger partial charge is 0.507 e. The molecule has 2 aromatic rings. The molecule has 0 heterocycles. The maximum absolute atomic E-state index is 11.8. The van der Waals surface area contributed by atoms with E-state index < -0.39 is 19.8 Å². The Morgan fingerprint density at radius 1 is 0.583 bits per heavy atom. The normalized spacial score (nSPS) is 20.5. The van der Waals surface area contributed by atoms with Crippen LogP contribution in [0.2, 0.25) is 11.8 Å². The van der Waals surface area contributed by atoms with Gasteiger partial charge in [0.15, 0.2) is 5.78 Å². The van der Waals surface area contributed by atoms with Crippen LogP contribution < -0.4 is 0 Å². The SMILES string of the molecule is C1CC[CH]([Sn]([CH]2CCCCC2)[CH]2CCCCC2)CC1.O=C(/C=C(\O)c1ccccc1)c1ccccc1. The zero-order valence-electron chi connectivity index (χ0n) is 22.0. The van der Waals surface area contributed by atoms with Crippen molar-refractivity contribution in [3.63, 3.8) is 0 Å². The van der Waals surface area contributed by atoms with Crippen molar-refractivity contribution in [3.8, 4) is 0 Å². The smallest absolute Gasteiger partial charge is 0.189 e. The predicted octanol–water partition coefficient (Wildman–Crippen LogP) is 9.95. The molecule has 36 heavy (non-hydrogen) atoms. The van der Waals surface area contributed by atoms with Gasteiger partial charge in [0.05, 0.1) is 0 Å². The third-order valence-electron chi connectivity index (χ3n) is 8.63. The van der Waals surface area contributed by atoms with E-state index in [0.717, 1.165) is 0 Å². The van der Waals surface area contributed by atoms with E-state index in [-0.39, 0.29) is 11.5 Å². The van der Waals surface area contributed by atoms with Gasteiger partial charge in [0.1, 0.15) is 5.76 Å². The number of carbonyl (C=O) groups excluding carboxylic acids is 1. The summed E-state index contributed by atoms with van der Waals surface area (Å²) in [5, 5.41) is 9.79. The Kier molecular flexibility index (Phi) is 11.5. The Morgan fingerprint density at radius 2 is 0.944 bits per heavy atom. The van der Waals surface area contributed by atoms with Crippen LogP contribution in [-0.4, -0.2) is 30.6 Å². The number of aliphatic hydroxyl groups excluding tert-OH is 1. The molecule has 193 valence electrons. The average Bonchev–Trinajstić information content (AvgIpc) is 2.96. The van der Waals surface area contributed by atoms with Crippen molar-refractivity contribution in [1.82, 2.24) is 0 Å².